The molecule has 0 saturated carbocycles. The van der Waals surface area contributed by atoms with Crippen LogP contribution in [-0.2, 0) is 19.6 Å². The number of benzene rings is 2. The third-order valence-electron chi connectivity index (χ3n) is 5.83. The summed E-state index contributed by atoms with van der Waals surface area (Å²) in [6.45, 7) is 5.12. The number of nitrogens with one attached hydrogen (secondary N) is 2. The zero-order valence-corrected chi connectivity index (χ0v) is 19.4. The minimum Gasteiger partial charge on any atom is -0.376 e. The maximum Gasteiger partial charge on any atom is 0.261 e. The molecule has 174 valence electrons. The molecule has 2 aliphatic heterocycles. The molecule has 2 heterocycles. The summed E-state index contributed by atoms with van der Waals surface area (Å²) >= 11 is 0. The minimum atomic E-state index is -3.93. The summed E-state index contributed by atoms with van der Waals surface area (Å²) in [5, 5.41) is 2.74. The van der Waals surface area contributed by atoms with Crippen molar-refractivity contribution in [3.8, 4) is 0 Å². The van der Waals surface area contributed by atoms with Crippen LogP contribution in [0.3, 0.4) is 0 Å². The number of Topliss-reactive ketones (excluding diaryl/α,β-unsaturated/α-hetero) is 1. The number of amides is 1. The van der Waals surface area contributed by atoms with E-state index in [1.54, 1.807) is 12.1 Å². The van der Waals surface area contributed by atoms with Gasteiger partial charge >= 0.3 is 0 Å². The van der Waals surface area contributed by atoms with E-state index in [1.165, 1.54) is 24.4 Å². The van der Waals surface area contributed by atoms with Crippen molar-refractivity contribution in [3.63, 3.8) is 0 Å². The summed E-state index contributed by atoms with van der Waals surface area (Å²) in [6, 6.07) is 11.3. The topological polar surface area (TPSA) is 114 Å². The van der Waals surface area contributed by atoms with Gasteiger partial charge < -0.3 is 10.1 Å². The molecule has 8 nitrogen and oxygen atoms in total. The Morgan fingerprint density at radius 1 is 1.18 bits per heavy atom. The summed E-state index contributed by atoms with van der Waals surface area (Å²) in [4.78, 5) is 29.7. The van der Waals surface area contributed by atoms with Gasteiger partial charge in [-0.3, -0.25) is 19.3 Å². The Hall–Kier alpha value is -3.04. The van der Waals surface area contributed by atoms with Gasteiger partial charge in [0.2, 0.25) is 5.91 Å². The Labute approximate surface area is 193 Å². The monoisotopic (exact) mass is 469 g/mol. The summed E-state index contributed by atoms with van der Waals surface area (Å²) in [6.07, 6.45) is 3.07. The molecular weight excluding hydrogens is 442 g/mol. The number of carbonyl (C=O) groups excluding carboxylic acids is 2. The molecule has 2 aliphatic rings. The van der Waals surface area contributed by atoms with E-state index < -0.39 is 27.6 Å². The number of nitrogens with zero attached hydrogens (tertiary/aromatic N) is 1. The lowest BCUT2D eigenvalue weighted by atomic mass is 9.94. The molecule has 0 aliphatic carbocycles. The van der Waals surface area contributed by atoms with Crippen LogP contribution in [0.2, 0.25) is 0 Å². The van der Waals surface area contributed by atoms with Crippen LogP contribution in [-0.4, -0.2) is 45.6 Å². The highest BCUT2D eigenvalue weighted by Crippen LogP contribution is 2.30. The van der Waals surface area contributed by atoms with E-state index in [9.17, 15) is 18.0 Å². The number of ketones is 1. The second-order valence-electron chi connectivity index (χ2n) is 8.56. The lowest BCUT2D eigenvalue weighted by Gasteiger charge is -2.19. The number of ether oxygens (including phenoxy) is 1. The Morgan fingerprint density at radius 2 is 1.94 bits per heavy atom. The van der Waals surface area contributed by atoms with Crippen LogP contribution in [0.25, 0.3) is 0 Å². The van der Waals surface area contributed by atoms with Gasteiger partial charge in [-0.25, -0.2) is 8.42 Å². The molecule has 0 bridgehead atoms. The quantitative estimate of drug-likeness (QED) is 0.603. The van der Waals surface area contributed by atoms with E-state index in [-0.39, 0.29) is 16.6 Å². The van der Waals surface area contributed by atoms with Gasteiger partial charge in [-0.2, -0.15) is 0 Å². The van der Waals surface area contributed by atoms with Crippen LogP contribution in [0.1, 0.15) is 48.5 Å². The first-order chi connectivity index (χ1) is 15.7. The molecule has 0 spiro atoms. The summed E-state index contributed by atoms with van der Waals surface area (Å²) < 4.78 is 33.9. The number of carbonyl (C=O) groups is 2. The maximum atomic E-state index is 13.0. The minimum absolute atomic E-state index is 0.0470. The van der Waals surface area contributed by atoms with Crippen molar-refractivity contribution >= 4 is 39.3 Å². The van der Waals surface area contributed by atoms with Gasteiger partial charge in [-0.1, -0.05) is 26.0 Å². The standard InChI is InChI=1S/C24H27N3O5S/c1-15(2)16-5-7-17(8-6-16)27-33(30,31)19-9-10-22-20(12-19)23(28)21(14-25-22)24(29)26-13-18-4-3-11-32-18/h5-10,12,14-15,18,21,27H,3-4,11,13H2,1-2H3,(H,26,29). The second-order valence-corrected chi connectivity index (χ2v) is 10.2. The van der Waals surface area contributed by atoms with Crippen LogP contribution < -0.4 is 10.0 Å². The van der Waals surface area contributed by atoms with Gasteiger partial charge in [0.15, 0.2) is 5.78 Å². The molecule has 1 saturated heterocycles. The molecule has 33 heavy (non-hydrogen) atoms. The molecule has 2 unspecified atom stereocenters. The second kappa shape index (κ2) is 9.44. The van der Waals surface area contributed by atoms with Gasteiger partial charge in [0.1, 0.15) is 5.92 Å². The van der Waals surface area contributed by atoms with Crippen LogP contribution in [0.5, 0.6) is 0 Å². The number of anilines is 1. The van der Waals surface area contributed by atoms with Crippen molar-refractivity contribution in [3.05, 3.63) is 53.6 Å². The third-order valence-corrected chi connectivity index (χ3v) is 7.21. The van der Waals surface area contributed by atoms with Crippen molar-refractivity contribution in [2.24, 2.45) is 10.9 Å². The molecular formula is C24H27N3O5S. The van der Waals surface area contributed by atoms with Crippen molar-refractivity contribution in [2.45, 2.75) is 43.6 Å². The van der Waals surface area contributed by atoms with Crippen LogP contribution in [0.4, 0.5) is 11.4 Å². The first kappa shape index (κ1) is 23.1. The SMILES string of the molecule is CC(C)c1ccc(NS(=O)(=O)c2ccc3c(c2)C(=O)C(C(=O)NCC2CCCO2)C=N3)cc1. The number of sulfonamides is 1. The average molecular weight is 470 g/mol. The van der Waals surface area contributed by atoms with E-state index in [1.807, 2.05) is 12.1 Å². The smallest absolute Gasteiger partial charge is 0.261 e. The van der Waals surface area contributed by atoms with Crippen LogP contribution >= 0.6 is 0 Å². The number of hydrogen-bond acceptors (Lipinski definition) is 6. The van der Waals surface area contributed by atoms with Crippen molar-refractivity contribution < 1.29 is 22.7 Å². The van der Waals surface area contributed by atoms with Crippen LogP contribution in [0.15, 0.2) is 52.4 Å². The van der Waals surface area contributed by atoms with E-state index in [4.69, 9.17) is 4.74 Å². The molecule has 1 fully saturated rings. The van der Waals surface area contributed by atoms with Gasteiger partial charge in [0.05, 0.1) is 16.7 Å². The van der Waals surface area contributed by atoms with Gasteiger partial charge in [0.25, 0.3) is 10.0 Å². The highest BCUT2D eigenvalue weighted by atomic mass is 32.2. The lowest BCUT2D eigenvalue weighted by molar-refractivity contribution is -0.122. The predicted octanol–water partition coefficient (Wildman–Crippen LogP) is 3.42. The maximum absolute atomic E-state index is 13.0. The van der Waals surface area contributed by atoms with Crippen molar-refractivity contribution in [2.75, 3.05) is 17.9 Å². The van der Waals surface area contributed by atoms with Gasteiger partial charge in [0, 0.05) is 30.6 Å². The van der Waals surface area contributed by atoms with E-state index in [2.05, 4.69) is 28.9 Å². The first-order valence-corrected chi connectivity index (χ1v) is 12.5. The number of hydrogen-bond donors (Lipinski definition) is 2. The Morgan fingerprint density at radius 3 is 2.61 bits per heavy atom. The molecule has 2 aromatic carbocycles. The third kappa shape index (κ3) is 5.15. The van der Waals surface area contributed by atoms with E-state index in [0.29, 0.717) is 30.4 Å². The lowest BCUT2D eigenvalue weighted by Crippen LogP contribution is -2.40. The van der Waals surface area contributed by atoms with E-state index in [0.717, 1.165) is 18.4 Å². The fraction of sp³-hybridized carbons (Fsp3) is 0.375. The Bertz CT molecular complexity index is 1180. The van der Waals surface area contributed by atoms with Gasteiger partial charge in [-0.05, 0) is 54.7 Å². The van der Waals surface area contributed by atoms with Crippen molar-refractivity contribution in [1.82, 2.24) is 5.32 Å². The number of aliphatic imine (C=N–C) groups is 1. The fourth-order valence-corrected chi connectivity index (χ4v) is 4.93. The summed E-state index contributed by atoms with van der Waals surface area (Å²) in [7, 11) is -3.93. The zero-order chi connectivity index (χ0) is 23.6. The molecule has 2 aromatic rings. The molecule has 0 radical (unpaired) electrons. The molecule has 1 amide bonds. The highest BCUT2D eigenvalue weighted by molar-refractivity contribution is 7.92. The summed E-state index contributed by atoms with van der Waals surface area (Å²) in [5.41, 5.74) is 1.96. The zero-order valence-electron chi connectivity index (χ0n) is 18.6. The average Bonchev–Trinajstić information content (AvgIpc) is 3.31. The largest absolute Gasteiger partial charge is 0.376 e. The van der Waals surface area contributed by atoms with Crippen molar-refractivity contribution in [1.29, 1.82) is 0 Å². The molecule has 2 atom stereocenters. The molecule has 4 rings (SSSR count). The molecule has 9 heteroatoms. The predicted molar refractivity (Wildman–Crippen MR) is 126 cm³/mol. The summed E-state index contributed by atoms with van der Waals surface area (Å²) in [5.74, 6) is -1.73. The van der Waals surface area contributed by atoms with E-state index >= 15 is 0 Å². The Kier molecular flexibility index (Phi) is 6.62. The molecule has 2 N–H and O–H groups in total. The Balaban J connectivity index is 1.50. The first-order valence-electron chi connectivity index (χ1n) is 11.0. The normalized spacial score (nSPS) is 20.0. The number of fused-ring (bicyclic) bond motifs is 1. The fourth-order valence-electron chi connectivity index (χ4n) is 3.85. The highest BCUT2D eigenvalue weighted by Gasteiger charge is 2.32. The molecule has 0 aromatic heterocycles. The van der Waals surface area contributed by atoms with Crippen LogP contribution in [0, 0.1) is 5.92 Å². The van der Waals surface area contributed by atoms with Gasteiger partial charge in [-0.15, -0.1) is 0 Å². The number of rotatable bonds is 7.